The van der Waals surface area contributed by atoms with Crippen LogP contribution in [-0.4, -0.2) is 62.8 Å². The molecule has 0 aromatic heterocycles. The van der Waals surface area contributed by atoms with E-state index >= 15 is 0 Å². The number of carbonyl (C=O) groups is 1. The summed E-state index contributed by atoms with van der Waals surface area (Å²) in [5, 5.41) is 3.22. The van der Waals surface area contributed by atoms with Gasteiger partial charge in [-0.2, -0.15) is 8.42 Å². The molecule has 7 heteroatoms. The van der Waals surface area contributed by atoms with E-state index in [1.54, 1.807) is 0 Å². The van der Waals surface area contributed by atoms with Crippen LogP contribution in [-0.2, 0) is 26.7 Å². The van der Waals surface area contributed by atoms with Gasteiger partial charge in [-0.15, -0.1) is 0 Å². The summed E-state index contributed by atoms with van der Waals surface area (Å²) in [5.41, 5.74) is 4.48. The number of amides is 1. The quantitative estimate of drug-likeness (QED) is 0.260. The lowest BCUT2D eigenvalue weighted by Crippen LogP contribution is -2.55. The Morgan fingerprint density at radius 3 is 2.44 bits per heavy atom. The normalized spacial score (nSPS) is 25.8. The van der Waals surface area contributed by atoms with Gasteiger partial charge in [0, 0.05) is 25.3 Å². The van der Waals surface area contributed by atoms with E-state index < -0.39 is 10.1 Å². The summed E-state index contributed by atoms with van der Waals surface area (Å²) in [6, 6.07) is 7.12. The molecule has 1 aromatic carbocycles. The molecular weight excluding hydrogens is 472 g/mol. The molecule has 3 rings (SSSR count). The molecule has 36 heavy (non-hydrogen) atoms. The maximum atomic E-state index is 13.4. The van der Waals surface area contributed by atoms with E-state index in [0.29, 0.717) is 35.8 Å². The zero-order valence-electron chi connectivity index (χ0n) is 23.6. The van der Waals surface area contributed by atoms with E-state index in [1.165, 1.54) is 16.7 Å². The van der Waals surface area contributed by atoms with Crippen LogP contribution in [0, 0.1) is 17.3 Å². The average molecular weight is 522 g/mol. The predicted octanol–water partition coefficient (Wildman–Crippen LogP) is 4.93. The van der Waals surface area contributed by atoms with Gasteiger partial charge in [0.05, 0.1) is 32.9 Å². The molecule has 0 spiro atoms. The molecule has 0 saturated heterocycles. The minimum atomic E-state index is -3.91. The van der Waals surface area contributed by atoms with Crippen LogP contribution >= 0.6 is 0 Å². The van der Waals surface area contributed by atoms with Crippen LogP contribution in [0.5, 0.6) is 0 Å². The number of nitrogens with zero attached hydrogens (tertiary/aromatic N) is 1. The lowest BCUT2D eigenvalue weighted by molar-refractivity contribution is -0.890. The molecule has 1 amide bonds. The van der Waals surface area contributed by atoms with Gasteiger partial charge in [0.1, 0.15) is 0 Å². The number of nitrogens with one attached hydrogen (secondary N) is 1. The van der Waals surface area contributed by atoms with E-state index in [2.05, 4.69) is 72.2 Å². The van der Waals surface area contributed by atoms with Gasteiger partial charge >= 0.3 is 0 Å². The zero-order chi connectivity index (χ0) is 26.9. The topological polar surface area (TPSA) is 83.5 Å². The number of hydrogen-bond acceptors (Lipinski definition) is 3. The lowest BCUT2D eigenvalue weighted by Gasteiger charge is -2.57. The zero-order valence-corrected chi connectivity index (χ0v) is 24.4. The SMILES string of the molecule is CC(C)c1ccc2c(c1)CC[C@H]1C(C)(C)C(C(=O)NCCC[N+](C)(C)CCCS(=O)(=O)O)CC[C@]21C. The molecule has 1 fully saturated rings. The van der Waals surface area contributed by atoms with Crippen molar-refractivity contribution < 1.29 is 22.2 Å². The van der Waals surface area contributed by atoms with Crippen LogP contribution in [0.2, 0.25) is 0 Å². The van der Waals surface area contributed by atoms with Crippen LogP contribution in [0.25, 0.3) is 0 Å². The fourth-order valence-corrected chi connectivity index (χ4v) is 7.70. The molecule has 2 aliphatic rings. The highest BCUT2D eigenvalue weighted by Gasteiger charge is 2.55. The van der Waals surface area contributed by atoms with Gasteiger partial charge in [-0.05, 0) is 65.0 Å². The highest BCUT2D eigenvalue weighted by Crippen LogP contribution is 2.59. The van der Waals surface area contributed by atoms with Crippen molar-refractivity contribution >= 4 is 16.0 Å². The summed E-state index contributed by atoms with van der Waals surface area (Å²) in [6.45, 7) is 13.7. The van der Waals surface area contributed by atoms with Gasteiger partial charge in [0.2, 0.25) is 5.91 Å². The summed E-state index contributed by atoms with van der Waals surface area (Å²) >= 11 is 0. The van der Waals surface area contributed by atoms with Crippen molar-refractivity contribution in [3.63, 3.8) is 0 Å². The molecule has 0 heterocycles. The third kappa shape index (κ3) is 6.51. The summed E-state index contributed by atoms with van der Waals surface area (Å²) in [7, 11) is 0.206. The van der Waals surface area contributed by atoms with Crippen LogP contribution < -0.4 is 5.32 Å². The van der Waals surface area contributed by atoms with Crippen LogP contribution in [0.15, 0.2) is 18.2 Å². The molecule has 1 unspecified atom stereocenters. The van der Waals surface area contributed by atoms with Crippen LogP contribution in [0.1, 0.15) is 89.3 Å². The summed E-state index contributed by atoms with van der Waals surface area (Å²) in [5.74, 6) is 1.01. The Morgan fingerprint density at radius 1 is 1.14 bits per heavy atom. The van der Waals surface area contributed by atoms with Gasteiger partial charge in [0.15, 0.2) is 0 Å². The number of aryl methyl sites for hydroxylation is 1. The predicted molar refractivity (Wildman–Crippen MR) is 147 cm³/mol. The molecule has 0 aliphatic heterocycles. The lowest BCUT2D eigenvalue weighted by atomic mass is 9.47. The first-order chi connectivity index (χ1) is 16.6. The molecule has 1 aromatic rings. The molecule has 0 radical (unpaired) electrons. The minimum absolute atomic E-state index is 0.0179. The summed E-state index contributed by atoms with van der Waals surface area (Å²) in [6.07, 6.45) is 5.45. The number of rotatable bonds is 10. The third-order valence-corrected chi connectivity index (χ3v) is 10.2. The van der Waals surface area contributed by atoms with Gasteiger partial charge in [-0.1, -0.05) is 52.8 Å². The van der Waals surface area contributed by atoms with Gasteiger partial charge < -0.3 is 9.80 Å². The molecule has 0 bridgehead atoms. The van der Waals surface area contributed by atoms with Crippen molar-refractivity contribution in [2.24, 2.45) is 17.3 Å². The highest BCUT2D eigenvalue weighted by atomic mass is 32.2. The maximum absolute atomic E-state index is 13.4. The number of quaternary nitrogens is 1. The fourth-order valence-electron chi connectivity index (χ4n) is 7.20. The number of carbonyl (C=O) groups excluding carboxylic acids is 1. The largest absolute Gasteiger partial charge is 0.356 e. The fraction of sp³-hybridized carbons (Fsp3) is 0.759. The highest BCUT2D eigenvalue weighted by molar-refractivity contribution is 7.85. The van der Waals surface area contributed by atoms with Gasteiger partial charge in [0.25, 0.3) is 10.1 Å². The van der Waals surface area contributed by atoms with Crippen molar-refractivity contribution in [1.29, 1.82) is 0 Å². The molecule has 1 saturated carbocycles. The van der Waals surface area contributed by atoms with Crippen molar-refractivity contribution in [2.75, 3.05) is 39.5 Å². The first-order valence-corrected chi connectivity index (χ1v) is 15.4. The second-order valence-electron chi connectivity index (χ2n) is 13.2. The van der Waals surface area contributed by atoms with Crippen LogP contribution in [0.4, 0.5) is 0 Å². The van der Waals surface area contributed by atoms with E-state index in [1.807, 2.05) is 0 Å². The number of benzene rings is 1. The van der Waals surface area contributed by atoms with E-state index in [0.717, 1.165) is 38.6 Å². The Morgan fingerprint density at radius 2 is 1.81 bits per heavy atom. The van der Waals surface area contributed by atoms with Crippen molar-refractivity contribution in [3.05, 3.63) is 34.9 Å². The monoisotopic (exact) mass is 521 g/mol. The summed E-state index contributed by atoms with van der Waals surface area (Å²) < 4.78 is 31.5. The van der Waals surface area contributed by atoms with Crippen molar-refractivity contribution in [1.82, 2.24) is 5.32 Å². The minimum Gasteiger partial charge on any atom is -0.356 e. The van der Waals surface area contributed by atoms with Crippen LogP contribution in [0.3, 0.4) is 0 Å². The Balaban J connectivity index is 1.58. The number of hydrogen-bond donors (Lipinski definition) is 2. The molecule has 204 valence electrons. The Labute approximate surface area is 219 Å². The molecular formula is C29H49N2O4S+. The Bertz CT molecular complexity index is 1050. The smallest absolute Gasteiger partial charge is 0.265 e. The maximum Gasteiger partial charge on any atom is 0.265 e. The second kappa shape index (κ2) is 10.7. The Kier molecular flexibility index (Phi) is 8.69. The second-order valence-corrected chi connectivity index (χ2v) is 14.7. The molecule has 2 aliphatic carbocycles. The first-order valence-electron chi connectivity index (χ1n) is 13.7. The molecule has 2 N–H and O–H groups in total. The van der Waals surface area contributed by atoms with Crippen molar-refractivity contribution in [2.45, 2.75) is 84.5 Å². The average Bonchev–Trinajstić information content (AvgIpc) is 2.74. The van der Waals surface area contributed by atoms with E-state index in [-0.39, 0.29) is 28.4 Å². The van der Waals surface area contributed by atoms with Gasteiger partial charge in [-0.3, -0.25) is 9.35 Å². The molecule has 6 nitrogen and oxygen atoms in total. The standard InChI is InChI=1S/C29H48N2O4S/c1-21(2)22-10-12-24-23(20-22)11-13-26-28(3,4)25(14-15-29(24,26)5)27(32)30-16-8-17-31(6,7)18-9-19-36(33,34)35/h10,12,20-21,25-26H,8-9,11,13-19H2,1-7H3,(H-,30,32,33,34,35)/p+1/t25?,26-,29+/m0/s1. The van der Waals surface area contributed by atoms with E-state index in [9.17, 15) is 13.2 Å². The number of fused-ring (bicyclic) bond motifs is 3. The van der Waals surface area contributed by atoms with Crippen molar-refractivity contribution in [3.8, 4) is 0 Å². The molecule has 3 atom stereocenters. The van der Waals surface area contributed by atoms with E-state index in [4.69, 9.17) is 4.55 Å². The third-order valence-electron chi connectivity index (χ3n) is 9.35. The first kappa shape index (κ1) is 29.1. The Hall–Kier alpha value is -1.44. The van der Waals surface area contributed by atoms with Gasteiger partial charge in [-0.25, -0.2) is 0 Å². The summed E-state index contributed by atoms with van der Waals surface area (Å²) in [4.78, 5) is 13.4.